The van der Waals surface area contributed by atoms with E-state index in [0.29, 0.717) is 19.3 Å². The van der Waals surface area contributed by atoms with Crippen molar-refractivity contribution in [1.82, 2.24) is 0 Å². The highest BCUT2D eigenvalue weighted by Gasteiger charge is 2.28. The molecule has 0 aliphatic carbocycles. The lowest BCUT2D eigenvalue weighted by molar-refractivity contribution is -0.161. The lowest BCUT2D eigenvalue weighted by atomic mass is 10.1. The topological polar surface area (TPSA) is 155 Å². The van der Waals surface area contributed by atoms with Gasteiger partial charge < -0.3 is 24.2 Å². The zero-order valence-electron chi connectivity index (χ0n) is 39.6. The Morgan fingerprint density at radius 2 is 0.806 bits per heavy atom. The zero-order valence-corrected chi connectivity index (χ0v) is 40.5. The minimum absolute atomic E-state index is 0.152. The Morgan fingerprint density at radius 1 is 0.452 bits per heavy atom. The fourth-order valence-corrected chi connectivity index (χ4v) is 7.44. The third kappa shape index (κ3) is 43.0. The van der Waals surface area contributed by atoms with E-state index in [1.807, 2.05) is 0 Å². The number of aliphatic hydroxyl groups excluding tert-OH is 1. The highest BCUT2D eigenvalue weighted by molar-refractivity contribution is 7.47. The van der Waals surface area contributed by atoms with E-state index in [-0.39, 0.29) is 25.9 Å². The van der Waals surface area contributed by atoms with E-state index in [1.54, 1.807) is 0 Å². The molecule has 0 aromatic heterocycles. The molecule has 0 bridgehead atoms. The molecular formula is C50H91O11P. The average Bonchev–Trinajstić information content (AvgIpc) is 3.25. The molecule has 0 aromatic rings. The summed E-state index contributed by atoms with van der Waals surface area (Å²) >= 11 is 0. The third-order valence-corrected chi connectivity index (χ3v) is 11.5. The number of phosphoric ester groups is 1. The van der Waals surface area contributed by atoms with Gasteiger partial charge in [-0.25, -0.2) is 4.57 Å². The van der Waals surface area contributed by atoms with Crippen molar-refractivity contribution in [3.8, 4) is 0 Å². The van der Waals surface area contributed by atoms with E-state index >= 15 is 0 Å². The van der Waals surface area contributed by atoms with Crippen LogP contribution in [0, 0.1) is 0 Å². The summed E-state index contributed by atoms with van der Waals surface area (Å²) in [6.45, 7) is 4.52. The molecule has 12 heteroatoms. The first-order valence-electron chi connectivity index (χ1n) is 24.9. The molecule has 11 nitrogen and oxygen atoms in total. The van der Waals surface area contributed by atoms with E-state index in [0.717, 1.165) is 103 Å². The summed E-state index contributed by atoms with van der Waals surface area (Å²) in [5, 5.41) is 9.72. The standard InChI is InChI=1S/C50H91O11P/c1-4-7-10-13-16-19-21-22-23-24-26-29-32-35-38-41-50(54)61-47(43-57-48(52)39-36-33-30-28-25-20-17-14-11-8-5-2)45-59-62(55,56)58-44-46(42-51)60-49(53)40-37-34-31-27-18-15-12-9-6-3/h14,16-17,19,22-23,46-47,51H,4-13,15,18,20-21,24-45H2,1-3H3,(H,55,56)/b17-14-,19-16-,23-22-. The maximum Gasteiger partial charge on any atom is 0.472 e. The molecule has 62 heavy (non-hydrogen) atoms. The summed E-state index contributed by atoms with van der Waals surface area (Å²) in [4.78, 5) is 48.1. The molecule has 0 heterocycles. The number of hydrogen-bond acceptors (Lipinski definition) is 10. The van der Waals surface area contributed by atoms with Crippen LogP contribution in [0.25, 0.3) is 0 Å². The molecule has 0 amide bonds. The van der Waals surface area contributed by atoms with Gasteiger partial charge in [0.15, 0.2) is 6.10 Å². The van der Waals surface area contributed by atoms with Gasteiger partial charge in [0.1, 0.15) is 12.7 Å². The van der Waals surface area contributed by atoms with Gasteiger partial charge in [0.05, 0.1) is 19.8 Å². The number of aliphatic hydroxyl groups is 1. The van der Waals surface area contributed by atoms with Crippen LogP contribution < -0.4 is 0 Å². The van der Waals surface area contributed by atoms with Crippen LogP contribution in [0.5, 0.6) is 0 Å². The molecule has 0 aromatic carbocycles. The molecule has 0 saturated heterocycles. The first-order chi connectivity index (χ1) is 30.2. The molecule has 0 fully saturated rings. The molecule has 0 spiro atoms. The number of carbonyl (C=O) groups is 3. The quantitative estimate of drug-likeness (QED) is 0.0197. The lowest BCUT2D eigenvalue weighted by Gasteiger charge is -2.21. The predicted molar refractivity (Wildman–Crippen MR) is 252 cm³/mol. The van der Waals surface area contributed by atoms with Crippen molar-refractivity contribution >= 4 is 25.7 Å². The molecule has 2 N–H and O–H groups in total. The van der Waals surface area contributed by atoms with Crippen molar-refractivity contribution in [1.29, 1.82) is 0 Å². The van der Waals surface area contributed by atoms with Crippen LogP contribution in [0.4, 0.5) is 0 Å². The Hall–Kier alpha value is -2.30. The van der Waals surface area contributed by atoms with Crippen molar-refractivity contribution in [2.24, 2.45) is 0 Å². The summed E-state index contributed by atoms with van der Waals surface area (Å²) < 4.78 is 39.2. The maximum absolute atomic E-state index is 12.8. The number of rotatable bonds is 46. The molecule has 0 radical (unpaired) electrons. The van der Waals surface area contributed by atoms with E-state index in [9.17, 15) is 28.9 Å². The largest absolute Gasteiger partial charge is 0.472 e. The lowest BCUT2D eigenvalue weighted by Crippen LogP contribution is -2.30. The number of unbranched alkanes of at least 4 members (excludes halogenated alkanes) is 23. The van der Waals surface area contributed by atoms with Crippen LogP contribution >= 0.6 is 7.82 Å². The second-order valence-electron chi connectivity index (χ2n) is 16.6. The van der Waals surface area contributed by atoms with Gasteiger partial charge >= 0.3 is 25.7 Å². The van der Waals surface area contributed by atoms with Gasteiger partial charge in [-0.15, -0.1) is 0 Å². The monoisotopic (exact) mass is 899 g/mol. The fourth-order valence-electron chi connectivity index (χ4n) is 6.66. The molecular weight excluding hydrogens is 808 g/mol. The van der Waals surface area contributed by atoms with Crippen molar-refractivity contribution in [3.63, 3.8) is 0 Å². The first kappa shape index (κ1) is 59.7. The van der Waals surface area contributed by atoms with E-state index < -0.39 is 57.8 Å². The molecule has 3 unspecified atom stereocenters. The van der Waals surface area contributed by atoms with Gasteiger partial charge in [-0.3, -0.25) is 23.4 Å². The van der Waals surface area contributed by atoms with E-state index in [2.05, 4.69) is 57.2 Å². The molecule has 0 rings (SSSR count). The van der Waals surface area contributed by atoms with Crippen LogP contribution in [0.1, 0.15) is 226 Å². The minimum atomic E-state index is -4.73. The van der Waals surface area contributed by atoms with Crippen molar-refractivity contribution in [2.45, 2.75) is 238 Å². The van der Waals surface area contributed by atoms with Crippen LogP contribution in [0.3, 0.4) is 0 Å². The van der Waals surface area contributed by atoms with E-state index in [1.165, 1.54) is 64.2 Å². The van der Waals surface area contributed by atoms with Crippen LogP contribution in [-0.2, 0) is 42.2 Å². The van der Waals surface area contributed by atoms with Crippen LogP contribution in [0.15, 0.2) is 36.5 Å². The van der Waals surface area contributed by atoms with Crippen molar-refractivity contribution in [2.75, 3.05) is 26.4 Å². The zero-order chi connectivity index (χ0) is 45.6. The van der Waals surface area contributed by atoms with Crippen molar-refractivity contribution < 1.29 is 52.2 Å². The highest BCUT2D eigenvalue weighted by atomic mass is 31.2. The number of esters is 3. The summed E-state index contributed by atoms with van der Waals surface area (Å²) in [5.74, 6) is -1.49. The second-order valence-corrected chi connectivity index (χ2v) is 18.1. The summed E-state index contributed by atoms with van der Waals surface area (Å²) in [7, 11) is -4.73. The molecule has 0 aliphatic heterocycles. The second kappa shape index (κ2) is 45.3. The van der Waals surface area contributed by atoms with Gasteiger partial charge in [0.25, 0.3) is 0 Å². The smallest absolute Gasteiger partial charge is 0.462 e. The Morgan fingerprint density at radius 3 is 1.29 bits per heavy atom. The number of carbonyl (C=O) groups excluding carboxylic acids is 3. The van der Waals surface area contributed by atoms with Crippen LogP contribution in [-0.4, -0.2) is 66.5 Å². The SMILES string of the molecule is CCCC/C=C\CCCCCCCC(=O)OCC(COP(=O)(O)OCC(CO)OC(=O)CCCCCCCCCCC)OC(=O)CCCCCCC/C=C\C/C=C\CCCCC. The maximum atomic E-state index is 12.8. The minimum Gasteiger partial charge on any atom is -0.462 e. The summed E-state index contributed by atoms with van der Waals surface area (Å²) in [6.07, 6.45) is 42.7. The third-order valence-electron chi connectivity index (χ3n) is 10.5. The Bertz CT molecular complexity index is 1190. The normalized spacial score (nSPS) is 13.8. The van der Waals surface area contributed by atoms with Crippen LogP contribution in [0.2, 0.25) is 0 Å². The number of allylic oxidation sites excluding steroid dienone is 6. The number of hydrogen-bond donors (Lipinski definition) is 2. The van der Waals surface area contributed by atoms with Gasteiger partial charge in [-0.05, 0) is 70.6 Å². The van der Waals surface area contributed by atoms with E-state index in [4.69, 9.17) is 23.3 Å². The first-order valence-corrected chi connectivity index (χ1v) is 26.4. The van der Waals surface area contributed by atoms with Crippen molar-refractivity contribution in [3.05, 3.63) is 36.5 Å². The summed E-state index contributed by atoms with van der Waals surface area (Å²) in [5.41, 5.74) is 0. The Kier molecular flexibility index (Phi) is 43.6. The number of phosphoric acid groups is 1. The molecule has 362 valence electrons. The molecule has 0 aliphatic rings. The molecule has 3 atom stereocenters. The highest BCUT2D eigenvalue weighted by Crippen LogP contribution is 2.43. The molecule has 0 saturated carbocycles. The number of ether oxygens (including phenoxy) is 3. The Balaban J connectivity index is 4.77. The fraction of sp³-hybridized carbons (Fsp3) is 0.820. The van der Waals surface area contributed by atoms with Gasteiger partial charge in [0.2, 0.25) is 0 Å². The van der Waals surface area contributed by atoms with Gasteiger partial charge in [-0.1, -0.05) is 173 Å². The Labute approximate surface area is 378 Å². The predicted octanol–water partition coefficient (Wildman–Crippen LogP) is 13.7. The van der Waals surface area contributed by atoms with Gasteiger partial charge in [0, 0.05) is 19.3 Å². The summed E-state index contributed by atoms with van der Waals surface area (Å²) in [6, 6.07) is 0. The van der Waals surface area contributed by atoms with Gasteiger partial charge in [-0.2, -0.15) is 0 Å². The average molecular weight is 899 g/mol.